The molecule has 0 spiro atoms. The van der Waals surface area contributed by atoms with Gasteiger partial charge in [0.15, 0.2) is 11.5 Å². The van der Waals surface area contributed by atoms with Gasteiger partial charge >= 0.3 is 0 Å². The largest absolute Gasteiger partial charge is 0.454 e. The van der Waals surface area contributed by atoms with Gasteiger partial charge in [-0.1, -0.05) is 30.1 Å². The molecule has 0 aliphatic rings. The van der Waals surface area contributed by atoms with Gasteiger partial charge in [-0.25, -0.2) is 0 Å². The van der Waals surface area contributed by atoms with Crippen LogP contribution in [0.5, 0.6) is 11.5 Å². The summed E-state index contributed by atoms with van der Waals surface area (Å²) in [6.45, 7) is 1.79. The number of carbonyl (C=O) groups is 1. The van der Waals surface area contributed by atoms with E-state index >= 15 is 0 Å². The number of halogens is 2. The van der Waals surface area contributed by atoms with E-state index < -0.39 is 4.92 Å². The maximum atomic E-state index is 12.0. The van der Waals surface area contributed by atoms with E-state index in [-0.39, 0.29) is 27.3 Å². The average molecular weight is 379 g/mol. The number of fused-ring (bicyclic) bond motifs is 1. The summed E-state index contributed by atoms with van der Waals surface area (Å²) >= 11 is 12.1. The van der Waals surface area contributed by atoms with Gasteiger partial charge in [0.1, 0.15) is 5.75 Å². The molecular formula is C17H12Cl2N2O4. The molecule has 0 saturated carbocycles. The molecule has 0 atom stereocenters. The van der Waals surface area contributed by atoms with Crippen molar-refractivity contribution in [3.05, 3.63) is 62.3 Å². The number of aromatic amines is 1. The number of aromatic nitrogens is 1. The van der Waals surface area contributed by atoms with E-state index in [1.165, 1.54) is 12.1 Å². The van der Waals surface area contributed by atoms with Crippen molar-refractivity contribution in [3.8, 4) is 11.5 Å². The Morgan fingerprint density at radius 1 is 1.24 bits per heavy atom. The van der Waals surface area contributed by atoms with E-state index in [9.17, 15) is 14.9 Å². The summed E-state index contributed by atoms with van der Waals surface area (Å²) in [7, 11) is 0. The standard InChI is InChI=1S/C17H12Cl2N2O4/c1-2-16(22)12-8-20-15-4-3-10(7-11(12)15)25-17-13(18)5-9(21(23)24)6-14(17)19/h3-8,20H,2H2,1H3. The van der Waals surface area contributed by atoms with Crippen LogP contribution in [0.25, 0.3) is 10.9 Å². The first kappa shape index (κ1) is 17.3. The predicted molar refractivity (Wildman–Crippen MR) is 96.1 cm³/mol. The number of Topliss-reactive ketones (excluding diaryl/α,β-unsaturated/α-hetero) is 1. The van der Waals surface area contributed by atoms with Crippen molar-refractivity contribution in [3.63, 3.8) is 0 Å². The van der Waals surface area contributed by atoms with Gasteiger partial charge in [-0.2, -0.15) is 0 Å². The molecule has 0 aliphatic carbocycles. The zero-order chi connectivity index (χ0) is 18.1. The maximum absolute atomic E-state index is 12.0. The molecule has 0 unspecified atom stereocenters. The highest BCUT2D eigenvalue weighted by atomic mass is 35.5. The summed E-state index contributed by atoms with van der Waals surface area (Å²) < 4.78 is 5.71. The summed E-state index contributed by atoms with van der Waals surface area (Å²) in [5, 5.41) is 11.6. The zero-order valence-electron chi connectivity index (χ0n) is 13.0. The summed E-state index contributed by atoms with van der Waals surface area (Å²) in [5.74, 6) is 0.539. The molecule has 1 aromatic heterocycles. The Bertz CT molecular complexity index is 974. The Balaban J connectivity index is 2.01. The van der Waals surface area contributed by atoms with Crippen LogP contribution in [-0.2, 0) is 0 Å². The number of benzene rings is 2. The van der Waals surface area contributed by atoms with Crippen LogP contribution in [0, 0.1) is 10.1 Å². The Hall–Kier alpha value is -2.57. The molecule has 25 heavy (non-hydrogen) atoms. The lowest BCUT2D eigenvalue weighted by Crippen LogP contribution is -1.95. The second-order valence-electron chi connectivity index (χ2n) is 5.28. The number of hydrogen-bond donors (Lipinski definition) is 1. The lowest BCUT2D eigenvalue weighted by molar-refractivity contribution is -0.384. The highest BCUT2D eigenvalue weighted by Gasteiger charge is 2.17. The number of rotatable bonds is 5. The highest BCUT2D eigenvalue weighted by molar-refractivity contribution is 6.37. The van der Waals surface area contributed by atoms with Gasteiger partial charge in [0, 0.05) is 41.2 Å². The van der Waals surface area contributed by atoms with Crippen molar-refractivity contribution in [1.82, 2.24) is 4.98 Å². The van der Waals surface area contributed by atoms with Crippen LogP contribution < -0.4 is 4.74 Å². The number of non-ortho nitro benzene ring substituents is 1. The fraction of sp³-hybridized carbons (Fsp3) is 0.118. The minimum Gasteiger partial charge on any atom is -0.454 e. The Kier molecular flexibility index (Phi) is 4.65. The summed E-state index contributed by atoms with van der Waals surface area (Å²) in [4.78, 5) is 25.3. The summed E-state index contributed by atoms with van der Waals surface area (Å²) in [6, 6.07) is 7.49. The number of ketones is 1. The van der Waals surface area contributed by atoms with Gasteiger partial charge in [-0.3, -0.25) is 14.9 Å². The van der Waals surface area contributed by atoms with Crippen LogP contribution >= 0.6 is 23.2 Å². The van der Waals surface area contributed by atoms with Gasteiger partial charge in [0.05, 0.1) is 15.0 Å². The fourth-order valence-corrected chi connectivity index (χ4v) is 3.00. The number of ether oxygens (including phenoxy) is 1. The molecule has 0 bridgehead atoms. The van der Waals surface area contributed by atoms with E-state index in [2.05, 4.69) is 4.98 Å². The van der Waals surface area contributed by atoms with E-state index in [0.29, 0.717) is 17.7 Å². The quantitative estimate of drug-likeness (QED) is 0.347. The lowest BCUT2D eigenvalue weighted by Gasteiger charge is -2.10. The first-order valence-corrected chi connectivity index (χ1v) is 8.12. The number of nitro benzene ring substituents is 1. The van der Waals surface area contributed by atoms with Crippen LogP contribution in [-0.4, -0.2) is 15.7 Å². The van der Waals surface area contributed by atoms with Crippen LogP contribution in [0.1, 0.15) is 23.7 Å². The molecule has 6 nitrogen and oxygen atoms in total. The number of carbonyl (C=O) groups excluding carboxylic acids is 1. The van der Waals surface area contributed by atoms with Gasteiger partial charge < -0.3 is 9.72 Å². The second kappa shape index (κ2) is 6.74. The molecule has 0 amide bonds. The van der Waals surface area contributed by atoms with Crippen molar-refractivity contribution in [2.75, 3.05) is 0 Å². The third-order valence-corrected chi connectivity index (χ3v) is 4.25. The molecule has 0 radical (unpaired) electrons. The van der Waals surface area contributed by atoms with Crippen LogP contribution in [0.3, 0.4) is 0 Å². The minimum absolute atomic E-state index is 0.00907. The van der Waals surface area contributed by atoms with Gasteiger partial charge in [-0.15, -0.1) is 0 Å². The first-order valence-electron chi connectivity index (χ1n) is 7.36. The molecule has 0 saturated heterocycles. The van der Waals surface area contributed by atoms with E-state index in [4.69, 9.17) is 27.9 Å². The molecular weight excluding hydrogens is 367 g/mol. The molecule has 1 N–H and O–H groups in total. The number of nitro groups is 1. The molecule has 3 aromatic rings. The number of nitrogens with zero attached hydrogens (tertiary/aromatic N) is 1. The zero-order valence-corrected chi connectivity index (χ0v) is 14.5. The molecule has 0 aliphatic heterocycles. The molecule has 128 valence electrons. The number of nitrogens with one attached hydrogen (secondary N) is 1. The third-order valence-electron chi connectivity index (χ3n) is 3.69. The third kappa shape index (κ3) is 3.31. The van der Waals surface area contributed by atoms with Crippen molar-refractivity contribution < 1.29 is 14.5 Å². The van der Waals surface area contributed by atoms with Crippen LogP contribution in [0.4, 0.5) is 5.69 Å². The lowest BCUT2D eigenvalue weighted by atomic mass is 10.1. The molecule has 1 heterocycles. The van der Waals surface area contributed by atoms with E-state index in [1.807, 2.05) is 0 Å². The molecule has 8 heteroatoms. The van der Waals surface area contributed by atoms with Gasteiger partial charge in [0.25, 0.3) is 5.69 Å². The number of hydrogen-bond acceptors (Lipinski definition) is 4. The fourth-order valence-electron chi connectivity index (χ4n) is 2.45. The summed E-state index contributed by atoms with van der Waals surface area (Å²) in [5.41, 5.74) is 1.15. The maximum Gasteiger partial charge on any atom is 0.272 e. The van der Waals surface area contributed by atoms with Crippen molar-refractivity contribution >= 4 is 45.6 Å². The average Bonchev–Trinajstić information content (AvgIpc) is 3.00. The predicted octanol–water partition coefficient (Wildman–Crippen LogP) is 5.77. The van der Waals surface area contributed by atoms with Crippen molar-refractivity contribution in [2.24, 2.45) is 0 Å². The minimum atomic E-state index is -0.587. The summed E-state index contributed by atoms with van der Waals surface area (Å²) in [6.07, 6.45) is 2.05. The SMILES string of the molecule is CCC(=O)c1c[nH]c2ccc(Oc3c(Cl)cc([N+](=O)[O-])cc3Cl)cc12. The van der Waals surface area contributed by atoms with Crippen LogP contribution in [0.15, 0.2) is 36.5 Å². The monoisotopic (exact) mass is 378 g/mol. The Labute approximate surface area is 152 Å². The van der Waals surface area contributed by atoms with Crippen molar-refractivity contribution in [1.29, 1.82) is 0 Å². The first-order chi connectivity index (χ1) is 11.9. The van der Waals surface area contributed by atoms with Gasteiger partial charge in [0.2, 0.25) is 0 Å². The Morgan fingerprint density at radius 2 is 1.92 bits per heavy atom. The Morgan fingerprint density at radius 3 is 2.52 bits per heavy atom. The smallest absolute Gasteiger partial charge is 0.272 e. The normalized spacial score (nSPS) is 10.8. The van der Waals surface area contributed by atoms with Crippen LogP contribution in [0.2, 0.25) is 10.0 Å². The highest BCUT2D eigenvalue weighted by Crippen LogP contribution is 2.40. The van der Waals surface area contributed by atoms with E-state index in [1.54, 1.807) is 31.3 Å². The van der Waals surface area contributed by atoms with Gasteiger partial charge in [-0.05, 0) is 18.2 Å². The van der Waals surface area contributed by atoms with E-state index in [0.717, 1.165) is 10.9 Å². The topological polar surface area (TPSA) is 85.2 Å². The molecule has 0 fully saturated rings. The molecule has 3 rings (SSSR count). The van der Waals surface area contributed by atoms with Crippen molar-refractivity contribution in [2.45, 2.75) is 13.3 Å². The number of H-pyrrole nitrogens is 1. The second-order valence-corrected chi connectivity index (χ2v) is 6.10. The molecule has 2 aromatic carbocycles.